The fourth-order valence-corrected chi connectivity index (χ4v) is 4.66. The number of aromatic nitrogens is 2. The number of methoxy groups -OCH3 is 1. The largest absolute Gasteiger partial charge is 0.463 e. The molecule has 0 spiro atoms. The number of furan rings is 1. The van der Waals surface area contributed by atoms with Gasteiger partial charge >= 0.3 is 5.97 Å². The first kappa shape index (κ1) is 16.1. The molecule has 3 heterocycles. The van der Waals surface area contributed by atoms with Crippen molar-refractivity contribution in [3.05, 3.63) is 50.8 Å². The molecule has 0 amide bonds. The molecule has 3 aromatic rings. The second-order valence-electron chi connectivity index (χ2n) is 6.47. The normalized spacial score (nSPS) is 16.8. The Balaban J connectivity index is 1.71. The zero-order valence-corrected chi connectivity index (χ0v) is 14.9. The number of esters is 1. The molecule has 0 saturated carbocycles. The van der Waals surface area contributed by atoms with Gasteiger partial charge in [0.25, 0.3) is 5.56 Å². The van der Waals surface area contributed by atoms with E-state index in [0.29, 0.717) is 11.7 Å². The van der Waals surface area contributed by atoms with Crippen LogP contribution in [0.25, 0.3) is 10.2 Å². The molecule has 0 radical (unpaired) electrons. The lowest BCUT2D eigenvalue weighted by Gasteiger charge is -2.17. The quantitative estimate of drug-likeness (QED) is 0.673. The zero-order chi connectivity index (χ0) is 17.6. The van der Waals surface area contributed by atoms with E-state index >= 15 is 0 Å². The van der Waals surface area contributed by atoms with E-state index in [0.717, 1.165) is 29.5 Å². The van der Waals surface area contributed by atoms with Crippen LogP contribution in [0.15, 0.2) is 27.7 Å². The smallest absolute Gasteiger partial charge is 0.373 e. The van der Waals surface area contributed by atoms with Gasteiger partial charge in [-0.05, 0) is 42.9 Å². The number of nitrogens with zero attached hydrogens (tertiary/aromatic N) is 2. The van der Waals surface area contributed by atoms with Crippen molar-refractivity contribution >= 4 is 27.5 Å². The van der Waals surface area contributed by atoms with Crippen LogP contribution in [0.5, 0.6) is 0 Å². The Kier molecular flexibility index (Phi) is 3.95. The highest BCUT2D eigenvalue weighted by Crippen LogP contribution is 2.35. The molecule has 1 aliphatic carbocycles. The first-order chi connectivity index (χ1) is 12.1. The summed E-state index contributed by atoms with van der Waals surface area (Å²) in [5, 5.41) is 0.745. The Hall–Kier alpha value is -2.41. The van der Waals surface area contributed by atoms with Crippen molar-refractivity contribution in [3.63, 3.8) is 0 Å². The molecule has 0 aliphatic heterocycles. The number of aryl methyl sites for hydroxylation is 1. The third kappa shape index (κ3) is 2.78. The molecule has 4 rings (SSSR count). The first-order valence-corrected chi connectivity index (χ1v) is 9.05. The minimum absolute atomic E-state index is 0.0481. The van der Waals surface area contributed by atoms with Crippen molar-refractivity contribution in [2.45, 2.75) is 32.7 Å². The molecule has 0 fully saturated rings. The van der Waals surface area contributed by atoms with Crippen molar-refractivity contribution in [2.75, 3.05) is 7.11 Å². The molecule has 1 atom stereocenters. The topological polar surface area (TPSA) is 74.3 Å². The Bertz CT molecular complexity index is 1010. The third-order valence-corrected chi connectivity index (χ3v) is 5.82. The summed E-state index contributed by atoms with van der Waals surface area (Å²) in [5.74, 6) is 0.763. The monoisotopic (exact) mass is 358 g/mol. The Morgan fingerprint density at radius 3 is 3.12 bits per heavy atom. The van der Waals surface area contributed by atoms with Crippen LogP contribution in [0.1, 0.15) is 40.1 Å². The van der Waals surface area contributed by atoms with Gasteiger partial charge in [0, 0.05) is 4.88 Å². The predicted octanol–water partition coefficient (Wildman–Crippen LogP) is 3.01. The van der Waals surface area contributed by atoms with Gasteiger partial charge in [0.15, 0.2) is 0 Å². The van der Waals surface area contributed by atoms with E-state index in [4.69, 9.17) is 4.42 Å². The van der Waals surface area contributed by atoms with Gasteiger partial charge in [-0.2, -0.15) is 0 Å². The number of hydrogen-bond acceptors (Lipinski definition) is 6. The van der Waals surface area contributed by atoms with Gasteiger partial charge in [-0.15, -0.1) is 11.3 Å². The lowest BCUT2D eigenvalue weighted by molar-refractivity contribution is 0.0563. The van der Waals surface area contributed by atoms with Crippen molar-refractivity contribution < 1.29 is 13.9 Å². The molecule has 0 aromatic carbocycles. The molecular weight excluding hydrogens is 340 g/mol. The summed E-state index contributed by atoms with van der Waals surface area (Å²) in [5.41, 5.74) is 1.12. The Morgan fingerprint density at radius 1 is 1.48 bits per heavy atom. The van der Waals surface area contributed by atoms with Gasteiger partial charge in [-0.1, -0.05) is 6.92 Å². The highest BCUT2D eigenvalue weighted by atomic mass is 32.1. The molecule has 7 heteroatoms. The van der Waals surface area contributed by atoms with Gasteiger partial charge in [0.2, 0.25) is 5.76 Å². The van der Waals surface area contributed by atoms with E-state index in [1.165, 1.54) is 22.1 Å². The maximum atomic E-state index is 12.9. The van der Waals surface area contributed by atoms with Gasteiger partial charge in [-0.25, -0.2) is 9.78 Å². The van der Waals surface area contributed by atoms with Crippen LogP contribution in [0.3, 0.4) is 0 Å². The highest BCUT2D eigenvalue weighted by molar-refractivity contribution is 7.18. The first-order valence-electron chi connectivity index (χ1n) is 8.23. The average molecular weight is 358 g/mol. The molecule has 6 nitrogen and oxygen atoms in total. The van der Waals surface area contributed by atoms with Crippen LogP contribution < -0.4 is 5.56 Å². The molecule has 0 saturated heterocycles. The van der Waals surface area contributed by atoms with Crippen LogP contribution in [-0.2, 0) is 24.1 Å². The number of thiophene rings is 1. The fourth-order valence-electron chi connectivity index (χ4n) is 3.32. The van der Waals surface area contributed by atoms with Crippen LogP contribution >= 0.6 is 11.3 Å². The third-order valence-electron chi connectivity index (χ3n) is 4.66. The van der Waals surface area contributed by atoms with Gasteiger partial charge in [0.05, 0.1) is 25.4 Å². The maximum absolute atomic E-state index is 12.9. The van der Waals surface area contributed by atoms with E-state index in [-0.39, 0.29) is 17.9 Å². The summed E-state index contributed by atoms with van der Waals surface area (Å²) in [6, 6.07) is 3.22. The Labute approximate surface area is 148 Å². The lowest BCUT2D eigenvalue weighted by atomic mass is 9.89. The van der Waals surface area contributed by atoms with Gasteiger partial charge < -0.3 is 9.15 Å². The summed E-state index contributed by atoms with van der Waals surface area (Å²) in [4.78, 5) is 31.0. The number of carbonyl (C=O) groups is 1. The molecule has 3 aromatic heterocycles. The van der Waals surface area contributed by atoms with Crippen molar-refractivity contribution in [3.8, 4) is 0 Å². The summed E-state index contributed by atoms with van der Waals surface area (Å²) < 4.78 is 11.6. The minimum Gasteiger partial charge on any atom is -0.463 e. The van der Waals surface area contributed by atoms with E-state index in [1.54, 1.807) is 29.8 Å². The van der Waals surface area contributed by atoms with Crippen molar-refractivity contribution in [1.29, 1.82) is 0 Å². The number of fused-ring (bicyclic) bond motifs is 3. The lowest BCUT2D eigenvalue weighted by Crippen LogP contribution is -2.22. The summed E-state index contributed by atoms with van der Waals surface area (Å²) in [7, 11) is 1.30. The molecule has 0 bridgehead atoms. The second-order valence-corrected chi connectivity index (χ2v) is 7.55. The van der Waals surface area contributed by atoms with Crippen LogP contribution in [0.2, 0.25) is 0 Å². The number of rotatable bonds is 3. The highest BCUT2D eigenvalue weighted by Gasteiger charge is 2.23. The van der Waals surface area contributed by atoms with E-state index < -0.39 is 5.97 Å². The summed E-state index contributed by atoms with van der Waals surface area (Å²) in [6.45, 7) is 2.48. The zero-order valence-electron chi connectivity index (χ0n) is 14.1. The van der Waals surface area contributed by atoms with Crippen LogP contribution in [0.4, 0.5) is 0 Å². The Morgan fingerprint density at radius 2 is 2.32 bits per heavy atom. The van der Waals surface area contributed by atoms with Crippen molar-refractivity contribution in [2.24, 2.45) is 5.92 Å². The van der Waals surface area contributed by atoms with Gasteiger partial charge in [0.1, 0.15) is 10.6 Å². The molecular formula is C18H18N2O4S. The average Bonchev–Trinajstić information content (AvgIpc) is 3.20. The fraction of sp³-hybridized carbons (Fsp3) is 0.389. The number of hydrogen-bond donors (Lipinski definition) is 0. The van der Waals surface area contributed by atoms with Crippen LogP contribution in [-0.4, -0.2) is 22.6 Å². The molecule has 130 valence electrons. The second kappa shape index (κ2) is 6.15. The number of carbonyl (C=O) groups excluding carboxylic acids is 1. The van der Waals surface area contributed by atoms with E-state index in [9.17, 15) is 9.59 Å². The standard InChI is InChI=1S/C18H18N2O4S/c1-10-3-5-12-14(7-10)25-16-15(12)17(21)20(9-19-16)8-11-4-6-13(24-11)18(22)23-2/h4,6,9-10H,3,5,7-8H2,1-2H3. The van der Waals surface area contributed by atoms with E-state index in [1.807, 2.05) is 0 Å². The maximum Gasteiger partial charge on any atom is 0.373 e. The molecule has 25 heavy (non-hydrogen) atoms. The van der Waals surface area contributed by atoms with Gasteiger partial charge in [-0.3, -0.25) is 9.36 Å². The van der Waals surface area contributed by atoms with Crippen LogP contribution in [0, 0.1) is 5.92 Å². The molecule has 1 unspecified atom stereocenters. The summed E-state index contributed by atoms with van der Waals surface area (Å²) >= 11 is 1.63. The molecule has 1 aliphatic rings. The minimum atomic E-state index is -0.534. The SMILES string of the molecule is COC(=O)c1ccc(Cn2cnc3sc4c(c3c2=O)CCC(C)C4)o1. The van der Waals surface area contributed by atoms with Crippen molar-refractivity contribution in [1.82, 2.24) is 9.55 Å². The predicted molar refractivity (Wildman–Crippen MR) is 94.2 cm³/mol. The molecule has 0 N–H and O–H groups in total. The summed E-state index contributed by atoms with van der Waals surface area (Å²) in [6.07, 6.45) is 4.62. The number of ether oxygens (including phenoxy) is 1. The van der Waals surface area contributed by atoms with E-state index in [2.05, 4.69) is 16.6 Å².